The maximum atomic E-state index is 8.65. The number of ether oxygens (including phenoxy) is 3. The van der Waals surface area contributed by atoms with Crippen LogP contribution in [-0.4, -0.2) is 49.8 Å². The van der Waals surface area contributed by atoms with Crippen molar-refractivity contribution in [1.82, 2.24) is 4.57 Å². The molecule has 0 radical (unpaired) electrons. The molecule has 2 rings (SSSR count). The number of benzene rings is 1. The van der Waals surface area contributed by atoms with Crippen molar-refractivity contribution in [3.05, 3.63) is 24.0 Å². The molecule has 0 unspecified atom stereocenters. The minimum absolute atomic E-state index is 0. The molecule has 25 heavy (non-hydrogen) atoms. The molecule has 0 amide bonds. The highest BCUT2D eigenvalue weighted by Crippen LogP contribution is 2.21. The Morgan fingerprint density at radius 1 is 1.16 bits per heavy atom. The molecule has 0 aliphatic carbocycles. The van der Waals surface area contributed by atoms with Crippen LogP contribution in [0.15, 0.2) is 18.2 Å². The third-order valence-corrected chi connectivity index (χ3v) is 3.95. The lowest BCUT2D eigenvalue weighted by Crippen LogP contribution is -3.00. The molecule has 0 saturated carbocycles. The molecule has 0 bridgehead atoms. The van der Waals surface area contributed by atoms with E-state index in [0.29, 0.717) is 33.0 Å². The van der Waals surface area contributed by atoms with Crippen LogP contribution in [0.2, 0.25) is 0 Å². The molecular weight excluding hydrogens is 437 g/mol. The van der Waals surface area contributed by atoms with Crippen molar-refractivity contribution >= 4 is 11.0 Å². The lowest BCUT2D eigenvalue weighted by Gasteiger charge is -2.05. The largest absolute Gasteiger partial charge is 1.00 e. The molecule has 1 aromatic carbocycles. The monoisotopic (exact) mass is 465 g/mol. The first kappa shape index (κ1) is 22.1. The van der Waals surface area contributed by atoms with Crippen LogP contribution < -0.4 is 39.0 Å². The Morgan fingerprint density at radius 3 is 2.48 bits per heavy atom. The number of fused-ring (bicyclic) bond motifs is 1. The lowest BCUT2D eigenvalue weighted by atomic mass is 10.3. The SMILES string of the molecule is CCn1c(CN)[n+](CCOCCOCCO)c2ccc(OC)cc21.[I-]. The molecule has 3 N–H and O–H groups in total. The summed E-state index contributed by atoms with van der Waals surface area (Å²) in [5.74, 6) is 1.91. The highest BCUT2D eigenvalue weighted by molar-refractivity contribution is 5.74. The maximum Gasteiger partial charge on any atom is 0.271 e. The third-order valence-electron chi connectivity index (χ3n) is 3.95. The Hall–Kier alpha value is -0.940. The number of aliphatic hydroxyl groups excluding tert-OH is 1. The van der Waals surface area contributed by atoms with Crippen LogP contribution in [0.25, 0.3) is 11.0 Å². The van der Waals surface area contributed by atoms with Gasteiger partial charge in [0.15, 0.2) is 11.0 Å². The van der Waals surface area contributed by atoms with Gasteiger partial charge in [-0.2, -0.15) is 0 Å². The molecule has 0 aliphatic heterocycles. The van der Waals surface area contributed by atoms with E-state index in [2.05, 4.69) is 22.1 Å². The van der Waals surface area contributed by atoms with Crippen LogP contribution in [0.3, 0.4) is 0 Å². The van der Waals surface area contributed by atoms with Crippen LogP contribution in [0.1, 0.15) is 12.7 Å². The minimum Gasteiger partial charge on any atom is -1.00 e. The van der Waals surface area contributed by atoms with Gasteiger partial charge in [0.05, 0.1) is 53.2 Å². The fourth-order valence-electron chi connectivity index (χ4n) is 2.86. The summed E-state index contributed by atoms with van der Waals surface area (Å²) in [6.07, 6.45) is 0. The summed E-state index contributed by atoms with van der Waals surface area (Å²) >= 11 is 0. The standard InChI is InChI=1S/C17H28N3O4.HI/c1-3-19-16-12-14(22-2)4-5-15(16)20(17(19)13-18)6-8-23-10-11-24-9-7-21;/h4-5,12,21H,3,6-11,13,18H2,1-2H3;1H/q+1;/p-1. The number of methoxy groups -OCH3 is 1. The molecule has 2 aromatic rings. The fourth-order valence-corrected chi connectivity index (χ4v) is 2.86. The summed E-state index contributed by atoms with van der Waals surface area (Å²) < 4.78 is 20.5. The summed E-state index contributed by atoms with van der Waals surface area (Å²) in [5, 5.41) is 8.65. The van der Waals surface area contributed by atoms with Gasteiger partial charge in [-0.1, -0.05) is 0 Å². The number of hydrogen-bond donors (Lipinski definition) is 2. The van der Waals surface area contributed by atoms with Crippen LogP contribution in [0.4, 0.5) is 0 Å². The molecule has 0 spiro atoms. The first-order chi connectivity index (χ1) is 11.8. The fraction of sp³-hybridized carbons (Fsp3) is 0.588. The topological polar surface area (TPSA) is 82.8 Å². The van der Waals surface area contributed by atoms with Gasteiger partial charge >= 0.3 is 0 Å². The van der Waals surface area contributed by atoms with Gasteiger partial charge in [0.2, 0.25) is 0 Å². The molecule has 0 fully saturated rings. The van der Waals surface area contributed by atoms with Gasteiger partial charge in [-0.3, -0.25) is 0 Å². The highest BCUT2D eigenvalue weighted by Gasteiger charge is 2.23. The van der Waals surface area contributed by atoms with E-state index >= 15 is 0 Å². The zero-order valence-electron chi connectivity index (χ0n) is 14.9. The second kappa shape index (κ2) is 11.6. The second-order valence-corrected chi connectivity index (χ2v) is 5.32. The molecule has 7 nitrogen and oxygen atoms in total. The van der Waals surface area contributed by atoms with Gasteiger partial charge in [-0.25, -0.2) is 9.13 Å². The third kappa shape index (κ3) is 5.52. The van der Waals surface area contributed by atoms with E-state index in [4.69, 9.17) is 25.1 Å². The molecule has 0 aliphatic rings. The smallest absolute Gasteiger partial charge is 0.271 e. The summed E-state index contributed by atoms with van der Waals surface area (Å²) in [6.45, 7) is 6.11. The summed E-state index contributed by atoms with van der Waals surface area (Å²) in [4.78, 5) is 0. The number of aryl methyl sites for hydroxylation is 1. The average Bonchev–Trinajstić information content (AvgIpc) is 2.92. The number of imidazole rings is 1. The van der Waals surface area contributed by atoms with E-state index in [1.54, 1.807) is 7.11 Å². The van der Waals surface area contributed by atoms with E-state index < -0.39 is 0 Å². The Morgan fingerprint density at radius 2 is 1.88 bits per heavy atom. The molecule has 1 aromatic heterocycles. The van der Waals surface area contributed by atoms with Crippen LogP contribution in [-0.2, 0) is 29.1 Å². The first-order valence-electron chi connectivity index (χ1n) is 8.32. The van der Waals surface area contributed by atoms with Crippen molar-refractivity contribution in [2.75, 3.05) is 40.1 Å². The van der Waals surface area contributed by atoms with Gasteiger partial charge in [-0.05, 0) is 19.1 Å². The van der Waals surface area contributed by atoms with Crippen molar-refractivity contribution in [2.24, 2.45) is 5.73 Å². The number of nitrogens with zero attached hydrogens (tertiary/aromatic N) is 2. The Labute approximate surface area is 165 Å². The Kier molecular flexibility index (Phi) is 10.3. The highest BCUT2D eigenvalue weighted by atomic mass is 127. The van der Waals surface area contributed by atoms with Crippen LogP contribution >= 0.6 is 0 Å². The summed E-state index contributed by atoms with van der Waals surface area (Å²) in [5.41, 5.74) is 8.23. The van der Waals surface area contributed by atoms with Crippen molar-refractivity contribution in [1.29, 1.82) is 0 Å². The number of aliphatic hydroxyl groups is 1. The summed E-state index contributed by atoms with van der Waals surface area (Å²) in [7, 11) is 1.67. The molecular formula is C17H28IN3O4. The molecule has 142 valence electrons. The van der Waals surface area contributed by atoms with E-state index in [0.717, 1.165) is 35.7 Å². The molecule has 0 saturated heterocycles. The number of rotatable bonds is 11. The van der Waals surface area contributed by atoms with Crippen LogP contribution in [0, 0.1) is 0 Å². The number of halogens is 1. The van der Waals surface area contributed by atoms with Gasteiger partial charge in [0, 0.05) is 6.07 Å². The lowest BCUT2D eigenvalue weighted by molar-refractivity contribution is -0.681. The number of aromatic nitrogens is 2. The van der Waals surface area contributed by atoms with Gasteiger partial charge in [0.25, 0.3) is 5.82 Å². The van der Waals surface area contributed by atoms with Gasteiger partial charge < -0.3 is 49.0 Å². The van der Waals surface area contributed by atoms with E-state index in [-0.39, 0.29) is 30.6 Å². The Bertz CT molecular complexity index is 648. The van der Waals surface area contributed by atoms with Crippen LogP contribution in [0.5, 0.6) is 5.75 Å². The number of hydrogen-bond acceptors (Lipinski definition) is 5. The van der Waals surface area contributed by atoms with E-state index in [1.807, 2.05) is 12.1 Å². The maximum absolute atomic E-state index is 8.65. The minimum atomic E-state index is 0. The second-order valence-electron chi connectivity index (χ2n) is 5.32. The molecule has 0 atom stereocenters. The van der Waals surface area contributed by atoms with Gasteiger partial charge in [0.1, 0.15) is 12.3 Å². The van der Waals surface area contributed by atoms with Crippen molar-refractivity contribution < 1.29 is 47.9 Å². The van der Waals surface area contributed by atoms with Crippen molar-refractivity contribution in [2.45, 2.75) is 26.6 Å². The number of nitrogens with two attached hydrogens (primary N) is 1. The zero-order chi connectivity index (χ0) is 17.4. The van der Waals surface area contributed by atoms with E-state index in [1.165, 1.54) is 0 Å². The van der Waals surface area contributed by atoms with Crippen molar-refractivity contribution in [3.8, 4) is 5.75 Å². The normalized spacial score (nSPS) is 10.9. The van der Waals surface area contributed by atoms with Crippen molar-refractivity contribution in [3.63, 3.8) is 0 Å². The van der Waals surface area contributed by atoms with Gasteiger partial charge in [-0.15, -0.1) is 0 Å². The average molecular weight is 465 g/mol. The zero-order valence-corrected chi connectivity index (χ0v) is 17.1. The molecule has 1 heterocycles. The predicted molar refractivity (Wildman–Crippen MR) is 91.0 cm³/mol. The summed E-state index contributed by atoms with van der Waals surface area (Å²) in [6, 6.07) is 6.06. The van der Waals surface area contributed by atoms with E-state index in [9.17, 15) is 0 Å². The predicted octanol–water partition coefficient (Wildman–Crippen LogP) is -2.55. The Balaban J connectivity index is 0.00000312. The first-order valence-corrected chi connectivity index (χ1v) is 8.32. The molecule has 8 heteroatoms. The quantitative estimate of drug-likeness (QED) is 0.217.